The van der Waals surface area contributed by atoms with Crippen molar-refractivity contribution in [3.05, 3.63) is 34.9 Å². The van der Waals surface area contributed by atoms with Crippen LogP contribution in [0.15, 0.2) is 24.3 Å². The van der Waals surface area contributed by atoms with Gasteiger partial charge >= 0.3 is 0 Å². The Morgan fingerprint density at radius 3 is 2.81 bits per heavy atom. The van der Waals surface area contributed by atoms with E-state index in [1.54, 1.807) is 0 Å². The summed E-state index contributed by atoms with van der Waals surface area (Å²) in [6.07, 6.45) is 2.45. The number of rotatable bonds is 8. The van der Waals surface area contributed by atoms with Crippen LogP contribution < -0.4 is 5.32 Å². The lowest BCUT2D eigenvalue weighted by atomic mass is 10.2. The fourth-order valence-corrected chi connectivity index (χ4v) is 2.64. The van der Waals surface area contributed by atoms with Crippen LogP contribution >= 0.6 is 23.4 Å². The molecule has 0 aliphatic carbocycles. The van der Waals surface area contributed by atoms with Crippen LogP contribution in [0.5, 0.6) is 0 Å². The molecule has 0 saturated heterocycles. The first kappa shape index (κ1) is 13.9. The van der Waals surface area contributed by atoms with Crippen molar-refractivity contribution in [2.24, 2.45) is 0 Å². The number of hydrogen-bond acceptors (Lipinski definition) is 2. The van der Waals surface area contributed by atoms with Crippen molar-refractivity contribution in [2.45, 2.75) is 25.5 Å². The molecule has 16 heavy (non-hydrogen) atoms. The Hall–Kier alpha value is -0.180. The maximum Gasteiger partial charge on any atom is 0.0446 e. The highest BCUT2D eigenvalue weighted by molar-refractivity contribution is 7.98. The van der Waals surface area contributed by atoms with Gasteiger partial charge in [0.2, 0.25) is 0 Å². The monoisotopic (exact) mass is 257 g/mol. The Morgan fingerprint density at radius 2 is 2.06 bits per heavy atom. The summed E-state index contributed by atoms with van der Waals surface area (Å²) in [5, 5.41) is 4.29. The molecule has 0 bridgehead atoms. The second-order valence-corrected chi connectivity index (χ2v) is 5.26. The standard InChI is InChI=1S/C13H20ClNS/c1-2-8-15-9-5-10-16-11-12-6-3-4-7-13(12)14/h3-4,6-7,15H,2,5,8-11H2,1H3. The van der Waals surface area contributed by atoms with Crippen LogP contribution in [0.4, 0.5) is 0 Å². The number of hydrogen-bond donors (Lipinski definition) is 1. The van der Waals surface area contributed by atoms with Gasteiger partial charge in [0, 0.05) is 10.8 Å². The van der Waals surface area contributed by atoms with E-state index in [0.717, 1.165) is 23.9 Å². The van der Waals surface area contributed by atoms with E-state index in [0.29, 0.717) is 0 Å². The predicted octanol–water partition coefficient (Wildman–Crippen LogP) is 3.96. The van der Waals surface area contributed by atoms with Gasteiger partial charge < -0.3 is 5.32 Å². The van der Waals surface area contributed by atoms with E-state index in [1.807, 2.05) is 30.0 Å². The molecule has 0 fully saturated rings. The summed E-state index contributed by atoms with van der Waals surface area (Å²) in [5.41, 5.74) is 1.25. The predicted molar refractivity (Wildman–Crippen MR) is 75.4 cm³/mol. The highest BCUT2D eigenvalue weighted by Crippen LogP contribution is 2.20. The molecule has 1 nitrogen and oxygen atoms in total. The van der Waals surface area contributed by atoms with Crippen LogP contribution in [0.3, 0.4) is 0 Å². The van der Waals surface area contributed by atoms with Crippen molar-refractivity contribution in [2.75, 3.05) is 18.8 Å². The first-order valence-electron chi connectivity index (χ1n) is 5.86. The van der Waals surface area contributed by atoms with Crippen molar-refractivity contribution < 1.29 is 0 Å². The van der Waals surface area contributed by atoms with Gasteiger partial charge in [-0.25, -0.2) is 0 Å². The molecule has 0 aromatic heterocycles. The van der Waals surface area contributed by atoms with Crippen LogP contribution in [0.2, 0.25) is 5.02 Å². The van der Waals surface area contributed by atoms with Crippen molar-refractivity contribution >= 4 is 23.4 Å². The van der Waals surface area contributed by atoms with Crippen LogP contribution in [0.1, 0.15) is 25.3 Å². The third-order valence-corrected chi connectivity index (χ3v) is 3.75. The molecule has 0 unspecified atom stereocenters. The second-order valence-electron chi connectivity index (χ2n) is 3.75. The van der Waals surface area contributed by atoms with Gasteiger partial charge in [0.15, 0.2) is 0 Å². The molecule has 1 aromatic carbocycles. The van der Waals surface area contributed by atoms with Crippen LogP contribution in [0.25, 0.3) is 0 Å². The maximum atomic E-state index is 6.08. The van der Waals surface area contributed by atoms with E-state index in [-0.39, 0.29) is 0 Å². The molecule has 3 heteroatoms. The Labute approximate surface area is 108 Å². The van der Waals surface area contributed by atoms with E-state index >= 15 is 0 Å². The first-order valence-corrected chi connectivity index (χ1v) is 7.39. The summed E-state index contributed by atoms with van der Waals surface area (Å²) in [4.78, 5) is 0. The van der Waals surface area contributed by atoms with E-state index in [4.69, 9.17) is 11.6 Å². The lowest BCUT2D eigenvalue weighted by molar-refractivity contribution is 0.664. The molecule has 0 atom stereocenters. The molecule has 0 aliphatic rings. The highest BCUT2D eigenvalue weighted by atomic mass is 35.5. The summed E-state index contributed by atoms with van der Waals surface area (Å²) < 4.78 is 0. The van der Waals surface area contributed by atoms with E-state index in [2.05, 4.69) is 18.3 Å². The van der Waals surface area contributed by atoms with Gasteiger partial charge in [-0.1, -0.05) is 36.7 Å². The topological polar surface area (TPSA) is 12.0 Å². The minimum atomic E-state index is 0.888. The fraction of sp³-hybridized carbons (Fsp3) is 0.538. The van der Waals surface area contributed by atoms with Crippen molar-refractivity contribution in [3.63, 3.8) is 0 Å². The van der Waals surface area contributed by atoms with E-state index in [9.17, 15) is 0 Å². The normalized spacial score (nSPS) is 10.6. The number of thioether (sulfide) groups is 1. The number of benzene rings is 1. The third-order valence-electron chi connectivity index (χ3n) is 2.28. The molecule has 0 saturated carbocycles. The number of halogens is 1. The van der Waals surface area contributed by atoms with Crippen molar-refractivity contribution in [1.82, 2.24) is 5.32 Å². The van der Waals surface area contributed by atoms with Gasteiger partial charge in [-0.3, -0.25) is 0 Å². The highest BCUT2D eigenvalue weighted by Gasteiger charge is 1.98. The number of nitrogens with one attached hydrogen (secondary N) is 1. The van der Waals surface area contributed by atoms with Gasteiger partial charge in [0.05, 0.1) is 0 Å². The smallest absolute Gasteiger partial charge is 0.0446 e. The molecule has 1 rings (SSSR count). The Balaban J connectivity index is 2.05. The van der Waals surface area contributed by atoms with Crippen LogP contribution in [-0.2, 0) is 5.75 Å². The van der Waals surface area contributed by atoms with Crippen LogP contribution in [-0.4, -0.2) is 18.8 Å². The largest absolute Gasteiger partial charge is 0.317 e. The third kappa shape index (κ3) is 5.78. The average Bonchev–Trinajstić information content (AvgIpc) is 2.30. The molecule has 0 spiro atoms. The maximum absolute atomic E-state index is 6.08. The molecule has 1 N–H and O–H groups in total. The summed E-state index contributed by atoms with van der Waals surface area (Å²) in [5.74, 6) is 2.22. The van der Waals surface area contributed by atoms with Gasteiger partial charge in [-0.15, -0.1) is 0 Å². The van der Waals surface area contributed by atoms with Gasteiger partial charge in [-0.05, 0) is 43.3 Å². The minimum absolute atomic E-state index is 0.888. The van der Waals surface area contributed by atoms with E-state index in [1.165, 1.54) is 24.2 Å². The molecule has 0 aliphatic heterocycles. The van der Waals surface area contributed by atoms with E-state index < -0.39 is 0 Å². The van der Waals surface area contributed by atoms with Crippen molar-refractivity contribution in [1.29, 1.82) is 0 Å². The zero-order chi connectivity index (χ0) is 11.6. The summed E-state index contributed by atoms with van der Waals surface area (Å²) in [7, 11) is 0. The molecular weight excluding hydrogens is 238 g/mol. The Kier molecular flexibility index (Phi) is 7.73. The lowest BCUT2D eigenvalue weighted by Crippen LogP contribution is -2.16. The molecule has 1 aromatic rings. The Morgan fingerprint density at radius 1 is 1.25 bits per heavy atom. The zero-order valence-corrected chi connectivity index (χ0v) is 11.4. The lowest BCUT2D eigenvalue weighted by Gasteiger charge is -2.04. The van der Waals surface area contributed by atoms with Gasteiger partial charge in [0.25, 0.3) is 0 Å². The summed E-state index contributed by atoms with van der Waals surface area (Å²) in [6, 6.07) is 8.08. The first-order chi connectivity index (χ1) is 7.84. The van der Waals surface area contributed by atoms with Gasteiger partial charge in [-0.2, -0.15) is 11.8 Å². The fourth-order valence-electron chi connectivity index (χ4n) is 1.40. The molecular formula is C13H20ClNS. The summed E-state index contributed by atoms with van der Waals surface area (Å²) >= 11 is 8.03. The molecule has 0 radical (unpaired) electrons. The summed E-state index contributed by atoms with van der Waals surface area (Å²) in [6.45, 7) is 4.46. The minimum Gasteiger partial charge on any atom is -0.317 e. The quantitative estimate of drug-likeness (QED) is 0.708. The van der Waals surface area contributed by atoms with Crippen molar-refractivity contribution in [3.8, 4) is 0 Å². The molecule has 0 amide bonds. The van der Waals surface area contributed by atoms with Gasteiger partial charge in [0.1, 0.15) is 0 Å². The van der Waals surface area contributed by atoms with Crippen LogP contribution in [0, 0.1) is 0 Å². The second kappa shape index (κ2) is 8.91. The zero-order valence-electron chi connectivity index (χ0n) is 9.84. The molecule has 0 heterocycles. The molecule has 90 valence electrons. The Bertz CT molecular complexity index is 291. The average molecular weight is 258 g/mol. The SMILES string of the molecule is CCCNCCCSCc1ccccc1Cl.